The second kappa shape index (κ2) is 6.84. The van der Waals surface area contributed by atoms with Crippen LogP contribution in [0.25, 0.3) is 22.1 Å². The van der Waals surface area contributed by atoms with E-state index in [-0.39, 0.29) is 6.61 Å². The molecule has 0 aliphatic rings. The number of carbonyl (C=O) groups excluding carboxylic acids is 1. The highest BCUT2D eigenvalue weighted by molar-refractivity contribution is 7.14. The zero-order valence-corrected chi connectivity index (χ0v) is 15.1. The van der Waals surface area contributed by atoms with Gasteiger partial charge in [-0.05, 0) is 26.3 Å². The molecule has 3 heterocycles. The first kappa shape index (κ1) is 16.8. The Kier molecular flexibility index (Phi) is 4.79. The Balaban J connectivity index is 2.03. The number of aliphatic hydroxyl groups excluding tert-OH is 1. The second-order valence-corrected chi connectivity index (χ2v) is 7.33. The third-order valence-electron chi connectivity index (χ3n) is 3.78. The highest BCUT2D eigenvalue weighted by Gasteiger charge is 2.19. The standard InChI is InChI=1S/C16H18N4O2S2/c1-9-11(15(17)22)6-14(20(9)4-3-5-21)12-7-24-16(19-12)13-8-23-10(2)18-13/h6-8,21H,3-5H2,1-2H3,(H2,17,22). The van der Waals surface area contributed by atoms with Gasteiger partial charge in [0.2, 0.25) is 0 Å². The molecule has 3 aromatic rings. The van der Waals surface area contributed by atoms with Gasteiger partial charge in [-0.2, -0.15) is 0 Å². The Morgan fingerprint density at radius 3 is 2.62 bits per heavy atom. The van der Waals surface area contributed by atoms with E-state index in [1.807, 2.05) is 29.2 Å². The van der Waals surface area contributed by atoms with Crippen LogP contribution in [0, 0.1) is 13.8 Å². The number of aromatic nitrogens is 3. The molecule has 6 nitrogen and oxygen atoms in total. The minimum atomic E-state index is -0.456. The smallest absolute Gasteiger partial charge is 0.250 e. The summed E-state index contributed by atoms with van der Waals surface area (Å²) < 4.78 is 1.99. The highest BCUT2D eigenvalue weighted by atomic mass is 32.1. The van der Waals surface area contributed by atoms with Crippen LogP contribution in [-0.4, -0.2) is 32.2 Å². The van der Waals surface area contributed by atoms with Gasteiger partial charge >= 0.3 is 0 Å². The summed E-state index contributed by atoms with van der Waals surface area (Å²) in [6.45, 7) is 4.51. The first-order chi connectivity index (χ1) is 11.5. The summed E-state index contributed by atoms with van der Waals surface area (Å²) in [4.78, 5) is 20.8. The van der Waals surface area contributed by atoms with Crippen molar-refractivity contribution in [2.75, 3.05) is 6.61 Å². The number of nitrogens with two attached hydrogens (primary N) is 1. The average molecular weight is 362 g/mol. The average Bonchev–Trinajstić information content (AvgIpc) is 3.24. The molecule has 0 saturated carbocycles. The summed E-state index contributed by atoms with van der Waals surface area (Å²) in [6, 6.07) is 1.78. The van der Waals surface area contributed by atoms with Crippen molar-refractivity contribution < 1.29 is 9.90 Å². The molecule has 24 heavy (non-hydrogen) atoms. The second-order valence-electron chi connectivity index (χ2n) is 5.41. The maximum Gasteiger partial charge on any atom is 0.250 e. The predicted octanol–water partition coefficient (Wildman–Crippen LogP) is 2.83. The molecule has 0 saturated heterocycles. The maximum absolute atomic E-state index is 11.7. The van der Waals surface area contributed by atoms with Gasteiger partial charge in [-0.3, -0.25) is 4.79 Å². The molecule has 0 atom stereocenters. The van der Waals surface area contributed by atoms with Gasteiger partial charge < -0.3 is 15.4 Å². The quantitative estimate of drug-likeness (QED) is 0.705. The van der Waals surface area contributed by atoms with Crippen LogP contribution in [-0.2, 0) is 6.54 Å². The van der Waals surface area contributed by atoms with Crippen LogP contribution in [0.3, 0.4) is 0 Å². The SMILES string of the molecule is Cc1nc(-c2nc(-c3cc(C(N)=O)c(C)n3CCCO)cs2)cs1. The van der Waals surface area contributed by atoms with E-state index in [9.17, 15) is 4.79 Å². The number of hydrogen-bond donors (Lipinski definition) is 2. The van der Waals surface area contributed by atoms with Crippen molar-refractivity contribution in [2.45, 2.75) is 26.8 Å². The van der Waals surface area contributed by atoms with Crippen molar-refractivity contribution in [1.29, 1.82) is 0 Å². The largest absolute Gasteiger partial charge is 0.396 e. The summed E-state index contributed by atoms with van der Waals surface area (Å²) in [5, 5.41) is 14.9. The van der Waals surface area contributed by atoms with E-state index in [1.165, 1.54) is 11.3 Å². The van der Waals surface area contributed by atoms with Gasteiger partial charge in [-0.25, -0.2) is 9.97 Å². The van der Waals surface area contributed by atoms with E-state index in [0.717, 1.165) is 32.8 Å². The molecular weight excluding hydrogens is 344 g/mol. The number of amides is 1. The molecule has 0 aromatic carbocycles. The summed E-state index contributed by atoms with van der Waals surface area (Å²) >= 11 is 3.11. The number of aryl methyl sites for hydroxylation is 1. The zero-order chi connectivity index (χ0) is 17.3. The van der Waals surface area contributed by atoms with Gasteiger partial charge in [0.05, 0.1) is 22.0 Å². The summed E-state index contributed by atoms with van der Waals surface area (Å²) in [6.07, 6.45) is 0.600. The van der Waals surface area contributed by atoms with E-state index < -0.39 is 5.91 Å². The molecule has 0 radical (unpaired) electrons. The Bertz CT molecular complexity index is 879. The van der Waals surface area contributed by atoms with Crippen LogP contribution in [0.2, 0.25) is 0 Å². The lowest BCUT2D eigenvalue weighted by atomic mass is 10.2. The van der Waals surface area contributed by atoms with Gasteiger partial charge in [0.15, 0.2) is 0 Å². The molecule has 0 unspecified atom stereocenters. The van der Waals surface area contributed by atoms with Crippen molar-refractivity contribution >= 4 is 28.6 Å². The number of primary amides is 1. The fraction of sp³-hybridized carbons (Fsp3) is 0.312. The Labute approximate surface area is 147 Å². The maximum atomic E-state index is 11.7. The van der Waals surface area contributed by atoms with Gasteiger partial charge in [0.25, 0.3) is 5.91 Å². The molecule has 3 N–H and O–H groups in total. The molecule has 0 fully saturated rings. The molecule has 3 aromatic heterocycles. The third-order valence-corrected chi connectivity index (χ3v) is 5.41. The first-order valence-electron chi connectivity index (χ1n) is 7.50. The third kappa shape index (κ3) is 3.12. The topological polar surface area (TPSA) is 94.0 Å². The lowest BCUT2D eigenvalue weighted by molar-refractivity contribution is 0.0999. The lowest BCUT2D eigenvalue weighted by Gasteiger charge is -2.09. The summed E-state index contributed by atoms with van der Waals surface area (Å²) in [5.74, 6) is -0.456. The van der Waals surface area contributed by atoms with Crippen LogP contribution in [0.15, 0.2) is 16.8 Å². The minimum absolute atomic E-state index is 0.0867. The number of aliphatic hydroxyl groups is 1. The van der Waals surface area contributed by atoms with E-state index >= 15 is 0 Å². The first-order valence-corrected chi connectivity index (χ1v) is 9.26. The van der Waals surface area contributed by atoms with E-state index in [1.54, 1.807) is 17.4 Å². The van der Waals surface area contributed by atoms with E-state index in [0.29, 0.717) is 18.5 Å². The number of thiazole rings is 2. The molecule has 3 rings (SSSR count). The molecule has 1 amide bonds. The zero-order valence-electron chi connectivity index (χ0n) is 13.4. The van der Waals surface area contributed by atoms with E-state index in [2.05, 4.69) is 9.97 Å². The lowest BCUT2D eigenvalue weighted by Crippen LogP contribution is -2.12. The van der Waals surface area contributed by atoms with Gasteiger partial charge in [0.1, 0.15) is 10.7 Å². The van der Waals surface area contributed by atoms with Crippen molar-refractivity contribution in [1.82, 2.24) is 14.5 Å². The predicted molar refractivity (Wildman–Crippen MR) is 96.3 cm³/mol. The fourth-order valence-corrected chi connectivity index (χ4v) is 4.04. The normalized spacial score (nSPS) is 11.1. The molecule has 0 aliphatic heterocycles. The Hall–Kier alpha value is -2.03. The van der Waals surface area contributed by atoms with Crippen molar-refractivity contribution in [3.05, 3.63) is 33.1 Å². The molecule has 0 spiro atoms. The van der Waals surface area contributed by atoms with Crippen LogP contribution < -0.4 is 5.73 Å². The fourth-order valence-electron chi connectivity index (χ4n) is 2.59. The summed E-state index contributed by atoms with van der Waals surface area (Å²) in [7, 11) is 0. The monoisotopic (exact) mass is 362 g/mol. The van der Waals surface area contributed by atoms with Gasteiger partial charge in [-0.15, -0.1) is 22.7 Å². The number of hydrogen-bond acceptors (Lipinski definition) is 6. The van der Waals surface area contributed by atoms with Crippen molar-refractivity contribution in [3.8, 4) is 22.1 Å². The molecule has 126 valence electrons. The number of nitrogens with zero attached hydrogens (tertiary/aromatic N) is 3. The number of carbonyl (C=O) groups is 1. The van der Waals surface area contributed by atoms with Crippen molar-refractivity contribution in [2.24, 2.45) is 5.73 Å². The van der Waals surface area contributed by atoms with Crippen LogP contribution in [0.5, 0.6) is 0 Å². The molecule has 8 heteroatoms. The molecular formula is C16H18N4O2S2. The Morgan fingerprint density at radius 1 is 1.25 bits per heavy atom. The highest BCUT2D eigenvalue weighted by Crippen LogP contribution is 2.32. The molecule has 0 aliphatic carbocycles. The van der Waals surface area contributed by atoms with Gasteiger partial charge in [-0.1, -0.05) is 0 Å². The molecule has 0 bridgehead atoms. The van der Waals surface area contributed by atoms with Crippen LogP contribution >= 0.6 is 22.7 Å². The van der Waals surface area contributed by atoms with Gasteiger partial charge in [0, 0.05) is 29.6 Å². The van der Waals surface area contributed by atoms with Crippen molar-refractivity contribution in [3.63, 3.8) is 0 Å². The van der Waals surface area contributed by atoms with E-state index in [4.69, 9.17) is 10.8 Å². The summed E-state index contributed by atoms with van der Waals surface area (Å²) in [5.41, 5.74) is 9.25. The number of rotatable bonds is 6. The van der Waals surface area contributed by atoms with Crippen LogP contribution in [0.1, 0.15) is 27.5 Å². The Morgan fingerprint density at radius 2 is 2.00 bits per heavy atom. The van der Waals surface area contributed by atoms with Crippen LogP contribution in [0.4, 0.5) is 0 Å². The minimum Gasteiger partial charge on any atom is -0.396 e.